The van der Waals surface area contributed by atoms with Gasteiger partial charge in [-0.05, 0) is 72.7 Å². The number of hydrogen-bond donors (Lipinski definition) is 3. The van der Waals surface area contributed by atoms with Crippen molar-refractivity contribution < 1.29 is 37.1 Å². The highest BCUT2D eigenvalue weighted by Crippen LogP contribution is 2.40. The van der Waals surface area contributed by atoms with Gasteiger partial charge in [0.15, 0.2) is 5.79 Å². The number of nitro benzene ring substituents is 1. The van der Waals surface area contributed by atoms with Gasteiger partial charge in [-0.3, -0.25) is 14.9 Å². The van der Waals surface area contributed by atoms with Crippen LogP contribution in [0.4, 0.5) is 11.4 Å². The first-order chi connectivity index (χ1) is 23.7. The van der Waals surface area contributed by atoms with E-state index in [-0.39, 0.29) is 22.9 Å². The molecular weight excluding hydrogens is 654 g/mol. The molecule has 4 aromatic rings. The first-order valence-corrected chi connectivity index (χ1v) is 17.6. The first-order valence-electron chi connectivity index (χ1n) is 16.1. The Kier molecular flexibility index (Phi) is 9.07. The zero-order chi connectivity index (χ0) is 34.0. The second kappa shape index (κ2) is 13.6. The van der Waals surface area contributed by atoms with E-state index in [0.29, 0.717) is 63.6 Å². The topological polar surface area (TPSA) is 184 Å². The van der Waals surface area contributed by atoms with Crippen molar-refractivity contribution >= 4 is 43.9 Å². The Morgan fingerprint density at radius 2 is 1.90 bits per heavy atom. The fourth-order valence-electron chi connectivity index (χ4n) is 6.35. The number of amides is 1. The fraction of sp³-hybridized carbons (Fsp3) is 0.353. The molecule has 2 aromatic heterocycles. The molecule has 2 fully saturated rings. The molecule has 3 N–H and O–H groups in total. The number of pyridine rings is 1. The molecule has 7 rings (SSSR count). The summed E-state index contributed by atoms with van der Waals surface area (Å²) in [5.74, 6) is -0.852. The molecule has 0 radical (unpaired) electrons. The number of allylic oxidation sites excluding steroid dienone is 1. The maximum absolute atomic E-state index is 13.6. The molecule has 0 unspecified atom stereocenters. The molecular formula is C34H35N5O9S. The predicted octanol–water partition coefficient (Wildman–Crippen LogP) is 5.53. The Labute approximate surface area is 282 Å². The lowest BCUT2D eigenvalue weighted by Crippen LogP contribution is -2.31. The van der Waals surface area contributed by atoms with E-state index in [2.05, 4.69) is 20.0 Å². The van der Waals surface area contributed by atoms with Gasteiger partial charge in [0.1, 0.15) is 22.8 Å². The lowest BCUT2D eigenvalue weighted by atomic mass is 9.89. The van der Waals surface area contributed by atoms with Crippen LogP contribution in [-0.2, 0) is 24.2 Å². The third kappa shape index (κ3) is 7.15. The van der Waals surface area contributed by atoms with Crippen molar-refractivity contribution in [2.45, 2.75) is 42.8 Å². The summed E-state index contributed by atoms with van der Waals surface area (Å²) in [7, 11) is -4.53. The quantitative estimate of drug-likeness (QED) is 0.141. The van der Waals surface area contributed by atoms with Crippen molar-refractivity contribution in [3.63, 3.8) is 0 Å². The van der Waals surface area contributed by atoms with Gasteiger partial charge in [0, 0.05) is 50.2 Å². The summed E-state index contributed by atoms with van der Waals surface area (Å²) < 4.78 is 52.2. The molecule has 4 heterocycles. The van der Waals surface area contributed by atoms with Gasteiger partial charge in [0.2, 0.25) is 0 Å². The van der Waals surface area contributed by atoms with Gasteiger partial charge >= 0.3 is 0 Å². The average Bonchev–Trinajstić information content (AvgIpc) is 3.77. The van der Waals surface area contributed by atoms with Crippen LogP contribution in [0.1, 0.15) is 48.0 Å². The fourth-order valence-corrected chi connectivity index (χ4v) is 7.33. The molecule has 2 aliphatic heterocycles. The maximum Gasteiger partial charge on any atom is 0.293 e. The number of sulfonamides is 1. The van der Waals surface area contributed by atoms with Crippen molar-refractivity contribution in [1.29, 1.82) is 0 Å². The van der Waals surface area contributed by atoms with Crippen LogP contribution in [0.25, 0.3) is 16.6 Å². The number of hydrogen-bond acceptors (Lipinski definition) is 11. The molecule has 256 valence electrons. The van der Waals surface area contributed by atoms with Crippen LogP contribution in [0.15, 0.2) is 71.9 Å². The summed E-state index contributed by atoms with van der Waals surface area (Å²) in [6.07, 6.45) is 8.83. The number of anilines is 1. The predicted molar refractivity (Wildman–Crippen MR) is 179 cm³/mol. The summed E-state index contributed by atoms with van der Waals surface area (Å²) in [4.78, 5) is 31.9. The SMILES string of the molecule is O=C(NS(=O)(=O)c1ccc(NCC2CCOCC2)c([N+](=O)[O-])c1)c1ccc(C2=CCC3(CC2)OCCO3)cc1Oc1cnc2[nH]ccc2c1. The van der Waals surface area contributed by atoms with E-state index < -0.39 is 37.2 Å². The summed E-state index contributed by atoms with van der Waals surface area (Å²) in [5.41, 5.74) is 2.17. The zero-order valence-corrected chi connectivity index (χ0v) is 27.3. The summed E-state index contributed by atoms with van der Waals surface area (Å²) in [6.45, 7) is 2.85. The van der Waals surface area contributed by atoms with Gasteiger partial charge in [-0.15, -0.1) is 0 Å². The number of carbonyl (C=O) groups is 1. The largest absolute Gasteiger partial charge is 0.455 e. The molecule has 1 amide bonds. The Hall–Kier alpha value is -4.83. The normalized spacial score (nSPS) is 17.9. The lowest BCUT2D eigenvalue weighted by Gasteiger charge is -2.30. The van der Waals surface area contributed by atoms with Crippen molar-refractivity contribution in [2.24, 2.45) is 5.92 Å². The molecule has 49 heavy (non-hydrogen) atoms. The maximum atomic E-state index is 13.6. The molecule has 1 spiro atoms. The molecule has 2 aromatic carbocycles. The second-order valence-electron chi connectivity index (χ2n) is 12.2. The number of benzene rings is 2. The number of aromatic nitrogens is 2. The van der Waals surface area contributed by atoms with Crippen molar-refractivity contribution in [3.05, 3.63) is 88.2 Å². The molecule has 1 aliphatic carbocycles. The number of aromatic amines is 1. The van der Waals surface area contributed by atoms with Crippen molar-refractivity contribution in [2.75, 3.05) is 38.3 Å². The van der Waals surface area contributed by atoms with Crippen molar-refractivity contribution in [1.82, 2.24) is 14.7 Å². The Morgan fingerprint density at radius 3 is 2.65 bits per heavy atom. The first kappa shape index (κ1) is 32.7. The molecule has 0 bridgehead atoms. The number of nitrogens with zero attached hydrogens (tertiary/aromatic N) is 2. The van der Waals surface area contributed by atoms with Crippen LogP contribution in [0, 0.1) is 16.0 Å². The highest BCUT2D eigenvalue weighted by molar-refractivity contribution is 7.90. The van der Waals surface area contributed by atoms with E-state index in [1.54, 1.807) is 24.4 Å². The zero-order valence-electron chi connectivity index (χ0n) is 26.5. The van der Waals surface area contributed by atoms with E-state index in [1.165, 1.54) is 24.4 Å². The summed E-state index contributed by atoms with van der Waals surface area (Å²) >= 11 is 0. The van der Waals surface area contributed by atoms with Crippen LogP contribution < -0.4 is 14.8 Å². The number of fused-ring (bicyclic) bond motifs is 1. The molecule has 0 atom stereocenters. The highest BCUT2D eigenvalue weighted by atomic mass is 32.2. The second-order valence-corrected chi connectivity index (χ2v) is 13.9. The number of carbonyl (C=O) groups excluding carboxylic acids is 1. The smallest absolute Gasteiger partial charge is 0.293 e. The molecule has 15 heteroatoms. The Balaban J connectivity index is 1.15. The Bertz CT molecular complexity index is 2030. The monoisotopic (exact) mass is 689 g/mol. The van der Waals surface area contributed by atoms with Crippen LogP contribution >= 0.6 is 0 Å². The van der Waals surface area contributed by atoms with Crippen LogP contribution in [0.5, 0.6) is 11.5 Å². The summed E-state index contributed by atoms with van der Waals surface area (Å²) in [6, 6.07) is 12.0. The standard InChI is InChI=1S/C34H35N5O9S/c40-33(38-49(43,44)27-2-4-29(30(19-27)39(41)42)36-20-22-8-13-45-14-9-22)28-3-1-24(23-5-10-34(11-6-23)46-15-16-47-34)18-31(28)48-26-17-25-7-12-35-32(25)37-21-26/h1-5,7,12,17-19,21-22,36H,6,8-11,13-16,20H2,(H,35,37)(H,38,40). The van der Waals surface area contributed by atoms with Gasteiger partial charge in [0.05, 0.1) is 34.8 Å². The van der Waals surface area contributed by atoms with E-state index in [9.17, 15) is 23.3 Å². The van der Waals surface area contributed by atoms with Crippen LogP contribution in [0.2, 0.25) is 0 Å². The van der Waals surface area contributed by atoms with E-state index in [1.807, 2.05) is 12.1 Å². The lowest BCUT2D eigenvalue weighted by molar-refractivity contribution is -0.384. The van der Waals surface area contributed by atoms with Crippen LogP contribution in [-0.4, -0.2) is 68.0 Å². The van der Waals surface area contributed by atoms with Gasteiger partial charge < -0.3 is 29.2 Å². The third-order valence-corrected chi connectivity index (χ3v) is 10.4. The van der Waals surface area contributed by atoms with Gasteiger partial charge in [0.25, 0.3) is 21.6 Å². The highest BCUT2D eigenvalue weighted by Gasteiger charge is 2.38. The number of rotatable bonds is 10. The van der Waals surface area contributed by atoms with Gasteiger partial charge in [-0.1, -0.05) is 12.1 Å². The van der Waals surface area contributed by atoms with E-state index in [4.69, 9.17) is 18.9 Å². The molecule has 14 nitrogen and oxygen atoms in total. The van der Waals surface area contributed by atoms with E-state index in [0.717, 1.165) is 35.4 Å². The van der Waals surface area contributed by atoms with E-state index >= 15 is 0 Å². The Morgan fingerprint density at radius 1 is 1.08 bits per heavy atom. The molecule has 0 saturated carbocycles. The minimum Gasteiger partial charge on any atom is -0.455 e. The average molecular weight is 690 g/mol. The number of H-pyrrole nitrogens is 1. The molecule has 2 saturated heterocycles. The third-order valence-electron chi connectivity index (χ3n) is 9.07. The van der Waals surface area contributed by atoms with Gasteiger partial charge in [-0.25, -0.2) is 18.1 Å². The minimum absolute atomic E-state index is 0.0546. The number of nitrogens with one attached hydrogen (secondary N) is 3. The minimum atomic E-state index is -4.53. The number of nitro groups is 1. The van der Waals surface area contributed by atoms with Crippen LogP contribution in [0.3, 0.4) is 0 Å². The number of ether oxygens (including phenoxy) is 4. The van der Waals surface area contributed by atoms with Crippen molar-refractivity contribution in [3.8, 4) is 11.5 Å². The molecule has 3 aliphatic rings. The van der Waals surface area contributed by atoms with Gasteiger partial charge in [-0.2, -0.15) is 0 Å². The summed E-state index contributed by atoms with van der Waals surface area (Å²) in [5, 5.41) is 15.8.